The van der Waals surface area contributed by atoms with Gasteiger partial charge < -0.3 is 52.7 Å². The third kappa shape index (κ3) is 23.0. The Bertz CT molecular complexity index is 826. The van der Waals surface area contributed by atoms with Crippen molar-refractivity contribution < 1.29 is 66.5 Å². The van der Waals surface area contributed by atoms with Crippen molar-refractivity contribution >= 4 is 23.5 Å². The fourth-order valence-electron chi connectivity index (χ4n) is 3.60. The second-order valence-electron chi connectivity index (χ2n) is 9.56. The zero-order valence-electron chi connectivity index (χ0n) is 27.2. The Hall–Kier alpha value is -2.38. The summed E-state index contributed by atoms with van der Waals surface area (Å²) in [6, 6.07) is -1.04. The lowest BCUT2D eigenvalue weighted by Crippen LogP contribution is -2.50. The highest BCUT2D eigenvalue weighted by atomic mass is 16.6. The molecule has 1 atom stereocenters. The average molecular weight is 665 g/mol. The van der Waals surface area contributed by atoms with Crippen molar-refractivity contribution in [2.24, 2.45) is 0 Å². The summed E-state index contributed by atoms with van der Waals surface area (Å²) in [7, 11) is 1.63. The summed E-state index contributed by atoms with van der Waals surface area (Å²) in [5, 5.41) is 2.56. The second kappa shape index (κ2) is 30.0. The standard InChI is InChI=1S/C30H52N2O14/c1-26(33)27(32-29(35)3-4-30(32)36)25-31-28(34)5-6-38-9-10-40-13-14-42-17-18-44-21-22-46-24-23-45-20-19-43-16-15-41-12-11-39-8-7-37-2/h3-4,27H,5-25H2,1-2H3,(H,31,34). The lowest BCUT2D eigenvalue weighted by molar-refractivity contribution is -0.144. The summed E-state index contributed by atoms with van der Waals surface area (Å²) in [6.07, 6.45) is 2.25. The molecule has 1 heterocycles. The minimum atomic E-state index is -1.04. The molecule has 1 N–H and O–H groups in total. The molecule has 0 aliphatic carbocycles. The molecule has 3 amide bonds. The van der Waals surface area contributed by atoms with Crippen molar-refractivity contribution in [3.63, 3.8) is 0 Å². The van der Waals surface area contributed by atoms with Gasteiger partial charge in [0, 0.05) is 32.2 Å². The maximum atomic E-state index is 12.0. The molecule has 1 aliphatic rings. The van der Waals surface area contributed by atoms with Gasteiger partial charge in [0.05, 0.1) is 126 Å². The molecule has 0 aromatic rings. The van der Waals surface area contributed by atoms with Gasteiger partial charge in [-0.3, -0.25) is 24.1 Å². The maximum Gasteiger partial charge on any atom is 0.254 e. The van der Waals surface area contributed by atoms with Crippen LogP contribution in [0.2, 0.25) is 0 Å². The molecule has 1 unspecified atom stereocenters. The summed E-state index contributed by atoms with van der Waals surface area (Å²) in [5.74, 6) is -1.90. The van der Waals surface area contributed by atoms with Gasteiger partial charge >= 0.3 is 0 Å². The summed E-state index contributed by atoms with van der Waals surface area (Å²) in [4.78, 5) is 48.2. The fourth-order valence-corrected chi connectivity index (χ4v) is 3.60. The number of rotatable bonds is 34. The molecular weight excluding hydrogens is 612 g/mol. The van der Waals surface area contributed by atoms with Crippen molar-refractivity contribution in [2.75, 3.05) is 139 Å². The molecule has 16 heteroatoms. The largest absolute Gasteiger partial charge is 0.382 e. The Morgan fingerprint density at radius 3 is 1.17 bits per heavy atom. The molecule has 0 aromatic heterocycles. The van der Waals surface area contributed by atoms with Gasteiger partial charge in [0.25, 0.3) is 11.8 Å². The van der Waals surface area contributed by atoms with E-state index in [1.54, 1.807) is 7.11 Å². The third-order valence-electron chi connectivity index (χ3n) is 6.00. The Morgan fingerprint density at radius 1 is 0.565 bits per heavy atom. The van der Waals surface area contributed by atoms with E-state index in [-0.39, 0.29) is 25.5 Å². The van der Waals surface area contributed by atoms with E-state index in [1.807, 2.05) is 0 Å². The van der Waals surface area contributed by atoms with Crippen LogP contribution < -0.4 is 5.32 Å². The van der Waals surface area contributed by atoms with E-state index in [1.165, 1.54) is 6.92 Å². The van der Waals surface area contributed by atoms with Crippen LogP contribution in [0.25, 0.3) is 0 Å². The van der Waals surface area contributed by atoms with Crippen LogP contribution in [0, 0.1) is 0 Å². The number of ether oxygens (including phenoxy) is 10. The normalized spacial score (nSPS) is 13.6. The van der Waals surface area contributed by atoms with E-state index in [2.05, 4.69) is 5.32 Å². The van der Waals surface area contributed by atoms with Crippen molar-refractivity contribution in [1.82, 2.24) is 10.2 Å². The van der Waals surface area contributed by atoms with Gasteiger partial charge in [-0.2, -0.15) is 0 Å². The van der Waals surface area contributed by atoms with Gasteiger partial charge in [0.1, 0.15) is 6.04 Å². The van der Waals surface area contributed by atoms with E-state index in [9.17, 15) is 19.2 Å². The van der Waals surface area contributed by atoms with Gasteiger partial charge in [-0.15, -0.1) is 0 Å². The Labute approximate surface area is 271 Å². The SMILES string of the molecule is COCCOCCOCCOCCOCCOCCOCCOCCOCCOCCC(=O)NCC(C(C)=O)N1C(=O)C=CC1=O. The molecule has 1 aliphatic heterocycles. The first-order valence-corrected chi connectivity index (χ1v) is 15.5. The predicted octanol–water partition coefficient (Wildman–Crippen LogP) is -0.829. The molecule has 16 nitrogen and oxygen atoms in total. The number of nitrogens with one attached hydrogen (secondary N) is 1. The zero-order valence-corrected chi connectivity index (χ0v) is 27.2. The molecule has 0 fully saturated rings. The van der Waals surface area contributed by atoms with Crippen molar-refractivity contribution in [3.05, 3.63) is 12.2 Å². The fraction of sp³-hybridized carbons (Fsp3) is 0.800. The first-order valence-electron chi connectivity index (χ1n) is 15.5. The number of nitrogens with zero attached hydrogens (tertiary/aromatic N) is 1. The van der Waals surface area contributed by atoms with Gasteiger partial charge in [-0.1, -0.05) is 0 Å². The van der Waals surface area contributed by atoms with Gasteiger partial charge in [0.15, 0.2) is 5.78 Å². The molecule has 0 saturated heterocycles. The number of methoxy groups -OCH3 is 1. The first kappa shape index (κ1) is 41.6. The van der Waals surface area contributed by atoms with Gasteiger partial charge in [0.2, 0.25) is 5.91 Å². The minimum Gasteiger partial charge on any atom is -0.382 e. The molecule has 46 heavy (non-hydrogen) atoms. The number of ketones is 1. The lowest BCUT2D eigenvalue weighted by atomic mass is 10.1. The maximum absolute atomic E-state index is 12.0. The number of Topliss-reactive ketones (excluding diaryl/α,β-unsaturated/α-hetero) is 1. The minimum absolute atomic E-state index is 0.0626. The highest BCUT2D eigenvalue weighted by molar-refractivity contribution is 6.15. The number of hydrogen-bond donors (Lipinski definition) is 1. The summed E-state index contributed by atoms with van der Waals surface area (Å²) in [5.41, 5.74) is 0. The van der Waals surface area contributed by atoms with E-state index >= 15 is 0 Å². The Balaban J connectivity index is 1.76. The van der Waals surface area contributed by atoms with Crippen LogP contribution in [-0.4, -0.2) is 174 Å². The smallest absolute Gasteiger partial charge is 0.254 e. The molecule has 1 rings (SSSR count). The predicted molar refractivity (Wildman–Crippen MR) is 162 cm³/mol. The van der Waals surface area contributed by atoms with Crippen molar-refractivity contribution in [3.8, 4) is 0 Å². The van der Waals surface area contributed by atoms with Crippen molar-refractivity contribution in [2.45, 2.75) is 19.4 Å². The summed E-state index contributed by atoms with van der Waals surface area (Å²) < 4.78 is 53.5. The molecule has 266 valence electrons. The number of carbonyl (C=O) groups excluding carboxylic acids is 4. The highest BCUT2D eigenvalue weighted by Crippen LogP contribution is 2.10. The number of amides is 3. The summed E-state index contributed by atoms with van der Waals surface area (Å²) >= 11 is 0. The van der Waals surface area contributed by atoms with Crippen LogP contribution in [0.4, 0.5) is 0 Å². The van der Waals surface area contributed by atoms with Crippen LogP contribution in [0.1, 0.15) is 13.3 Å². The quantitative estimate of drug-likeness (QED) is 0.0666. The van der Waals surface area contributed by atoms with Crippen LogP contribution in [0.15, 0.2) is 12.2 Å². The first-order chi connectivity index (χ1) is 22.5. The topological polar surface area (TPSA) is 176 Å². The number of hydrogen-bond acceptors (Lipinski definition) is 14. The molecule has 0 spiro atoms. The number of carbonyl (C=O) groups is 4. The van der Waals surface area contributed by atoms with E-state index < -0.39 is 23.6 Å². The van der Waals surface area contributed by atoms with E-state index in [4.69, 9.17) is 47.4 Å². The van der Waals surface area contributed by atoms with Gasteiger partial charge in [-0.05, 0) is 6.92 Å². The van der Waals surface area contributed by atoms with Crippen LogP contribution in [0.5, 0.6) is 0 Å². The third-order valence-corrected chi connectivity index (χ3v) is 6.00. The molecule has 0 radical (unpaired) electrons. The molecule has 0 saturated carbocycles. The Morgan fingerprint density at radius 2 is 0.870 bits per heavy atom. The van der Waals surface area contributed by atoms with Gasteiger partial charge in [-0.25, -0.2) is 0 Å². The molecular formula is C30H52N2O14. The zero-order chi connectivity index (χ0) is 33.5. The monoisotopic (exact) mass is 664 g/mol. The lowest BCUT2D eigenvalue weighted by Gasteiger charge is -2.24. The van der Waals surface area contributed by atoms with Crippen LogP contribution in [-0.2, 0) is 66.5 Å². The van der Waals surface area contributed by atoms with Crippen LogP contribution in [0.3, 0.4) is 0 Å². The summed E-state index contributed by atoms with van der Waals surface area (Å²) in [6.45, 7) is 9.73. The van der Waals surface area contributed by atoms with E-state index in [0.29, 0.717) is 119 Å². The Kier molecular flexibility index (Phi) is 27.1. The van der Waals surface area contributed by atoms with Crippen LogP contribution >= 0.6 is 0 Å². The molecule has 0 aromatic carbocycles. The average Bonchev–Trinajstić information content (AvgIpc) is 3.37. The number of imide groups is 1. The second-order valence-corrected chi connectivity index (χ2v) is 9.56. The highest BCUT2D eigenvalue weighted by Gasteiger charge is 2.34. The van der Waals surface area contributed by atoms with Crippen molar-refractivity contribution in [1.29, 1.82) is 0 Å². The molecule has 0 bridgehead atoms. The van der Waals surface area contributed by atoms with E-state index in [0.717, 1.165) is 17.1 Å².